The molecule has 5 rings (SSSR count). The fourth-order valence-electron chi connectivity index (χ4n) is 5.02. The predicted octanol–water partition coefficient (Wildman–Crippen LogP) is 4.04. The van der Waals surface area contributed by atoms with Gasteiger partial charge in [0.15, 0.2) is 0 Å². The lowest BCUT2D eigenvalue weighted by atomic mass is 9.98. The smallest absolute Gasteiger partial charge is 0.255 e. The van der Waals surface area contributed by atoms with Crippen LogP contribution in [0.5, 0.6) is 0 Å². The zero-order valence-corrected chi connectivity index (χ0v) is 24.1. The molecule has 9 nitrogen and oxygen atoms in total. The van der Waals surface area contributed by atoms with Crippen LogP contribution >= 0.6 is 0 Å². The van der Waals surface area contributed by atoms with Crippen molar-refractivity contribution in [2.24, 2.45) is 5.92 Å². The third-order valence-electron chi connectivity index (χ3n) is 7.74. The molecule has 1 aliphatic heterocycles. The lowest BCUT2D eigenvalue weighted by Gasteiger charge is -2.34. The summed E-state index contributed by atoms with van der Waals surface area (Å²) in [6.07, 6.45) is 1.92. The molecule has 0 radical (unpaired) electrons. The second-order valence-electron chi connectivity index (χ2n) is 11.1. The van der Waals surface area contributed by atoms with Crippen molar-refractivity contribution in [3.05, 3.63) is 83.4 Å². The Morgan fingerprint density at radius 2 is 1.48 bits per heavy atom. The zero-order chi connectivity index (χ0) is 29.6. The van der Waals surface area contributed by atoms with Crippen LogP contribution in [-0.2, 0) is 20.9 Å². The normalized spacial score (nSPS) is 15.1. The molecule has 9 heteroatoms. The first-order valence-electron chi connectivity index (χ1n) is 14.4. The highest BCUT2D eigenvalue weighted by Gasteiger charge is 2.29. The van der Waals surface area contributed by atoms with E-state index in [0.717, 1.165) is 66.1 Å². The molecule has 0 spiro atoms. The van der Waals surface area contributed by atoms with Gasteiger partial charge in [0.1, 0.15) is 0 Å². The van der Waals surface area contributed by atoms with Crippen LogP contribution in [0.4, 0.5) is 11.4 Å². The fourth-order valence-corrected chi connectivity index (χ4v) is 5.02. The summed E-state index contributed by atoms with van der Waals surface area (Å²) in [5.41, 5.74) is 6.28. The molecule has 3 aromatic rings. The molecular weight excluding hydrogens is 530 g/mol. The Morgan fingerprint density at radius 1 is 0.810 bits per heavy atom. The number of piperazine rings is 1. The average Bonchev–Trinajstić information content (AvgIpc) is 3.84. The molecule has 3 aromatic carbocycles. The Bertz CT molecular complexity index is 1460. The van der Waals surface area contributed by atoms with Crippen LogP contribution in [0, 0.1) is 12.8 Å². The number of carbonyl (C=O) groups excluding carboxylic acids is 4. The molecular formula is C33H37N5O4. The Kier molecular flexibility index (Phi) is 8.97. The lowest BCUT2D eigenvalue weighted by Crippen LogP contribution is -2.50. The summed E-state index contributed by atoms with van der Waals surface area (Å²) in [6.45, 7) is 7.03. The highest BCUT2D eigenvalue weighted by molar-refractivity contribution is 6.04. The van der Waals surface area contributed by atoms with Gasteiger partial charge in [0, 0.05) is 62.5 Å². The maximum Gasteiger partial charge on any atom is 0.255 e. The van der Waals surface area contributed by atoms with Gasteiger partial charge >= 0.3 is 0 Å². The molecule has 4 amide bonds. The molecule has 0 atom stereocenters. The first-order valence-corrected chi connectivity index (χ1v) is 14.4. The van der Waals surface area contributed by atoms with Crippen LogP contribution in [0.25, 0.3) is 11.1 Å². The van der Waals surface area contributed by atoms with E-state index in [1.807, 2.05) is 73.7 Å². The minimum Gasteiger partial charge on any atom is -0.347 e. The van der Waals surface area contributed by atoms with E-state index in [4.69, 9.17) is 0 Å². The molecule has 0 unspecified atom stereocenters. The Balaban J connectivity index is 1.12. The van der Waals surface area contributed by atoms with Crippen molar-refractivity contribution in [2.75, 3.05) is 43.4 Å². The molecule has 42 heavy (non-hydrogen) atoms. The lowest BCUT2D eigenvalue weighted by molar-refractivity contribution is -0.134. The fraction of sp³-hybridized carbons (Fsp3) is 0.333. The molecule has 218 valence electrons. The summed E-state index contributed by atoms with van der Waals surface area (Å²) in [7, 11) is 0. The van der Waals surface area contributed by atoms with Crippen LogP contribution in [0.15, 0.2) is 66.7 Å². The molecule has 1 saturated carbocycles. The molecule has 0 aromatic heterocycles. The number of hydrogen-bond acceptors (Lipinski definition) is 5. The molecule has 3 N–H and O–H groups in total. The number of benzene rings is 3. The van der Waals surface area contributed by atoms with Crippen molar-refractivity contribution in [1.29, 1.82) is 0 Å². The quantitative estimate of drug-likeness (QED) is 0.362. The van der Waals surface area contributed by atoms with Crippen molar-refractivity contribution in [3.63, 3.8) is 0 Å². The van der Waals surface area contributed by atoms with Gasteiger partial charge < -0.3 is 20.9 Å². The van der Waals surface area contributed by atoms with Crippen molar-refractivity contribution in [1.82, 2.24) is 15.1 Å². The zero-order valence-electron chi connectivity index (χ0n) is 24.1. The maximum atomic E-state index is 12.9. The third kappa shape index (κ3) is 7.61. The van der Waals surface area contributed by atoms with E-state index in [9.17, 15) is 19.2 Å². The summed E-state index contributed by atoms with van der Waals surface area (Å²) >= 11 is 0. The van der Waals surface area contributed by atoms with Gasteiger partial charge in [-0.2, -0.15) is 0 Å². The number of rotatable bonds is 9. The minimum absolute atomic E-state index is 0.0431. The van der Waals surface area contributed by atoms with Gasteiger partial charge in [-0.15, -0.1) is 0 Å². The second-order valence-corrected chi connectivity index (χ2v) is 11.1. The van der Waals surface area contributed by atoms with Crippen LogP contribution in [-0.4, -0.2) is 66.2 Å². The third-order valence-corrected chi connectivity index (χ3v) is 7.74. The van der Waals surface area contributed by atoms with Gasteiger partial charge in [-0.3, -0.25) is 24.1 Å². The molecule has 1 heterocycles. The predicted molar refractivity (Wildman–Crippen MR) is 163 cm³/mol. The highest BCUT2D eigenvalue weighted by Crippen LogP contribution is 2.32. The highest BCUT2D eigenvalue weighted by atomic mass is 16.2. The largest absolute Gasteiger partial charge is 0.347 e. The van der Waals surface area contributed by atoms with Crippen molar-refractivity contribution < 1.29 is 19.2 Å². The standard InChI is InChI=1S/C33H37N5O4/c1-22-3-12-29(36-33(42)27-10-11-27)19-30(22)25-6-8-26(9-7-25)32(41)35-28-13-4-24(5-14-28)21-37-15-17-38(18-16-37)31(40)20-34-23(2)39/h3-9,12-14,19,27H,10-11,15-18,20-21H2,1-2H3,(H,34,39)(H,35,41)(H,36,42). The van der Waals surface area contributed by atoms with Crippen LogP contribution in [0.2, 0.25) is 0 Å². The van der Waals surface area contributed by atoms with Gasteiger partial charge in [0.05, 0.1) is 6.54 Å². The van der Waals surface area contributed by atoms with Gasteiger partial charge in [0.2, 0.25) is 17.7 Å². The molecule has 1 saturated heterocycles. The average molecular weight is 568 g/mol. The summed E-state index contributed by atoms with van der Waals surface area (Å²) in [4.78, 5) is 52.4. The van der Waals surface area contributed by atoms with E-state index in [1.54, 1.807) is 4.90 Å². The summed E-state index contributed by atoms with van der Waals surface area (Å²) in [5.74, 6) is -0.221. The summed E-state index contributed by atoms with van der Waals surface area (Å²) in [5, 5.41) is 8.54. The second kappa shape index (κ2) is 13.0. The number of hydrogen-bond donors (Lipinski definition) is 3. The van der Waals surface area contributed by atoms with E-state index in [2.05, 4.69) is 20.9 Å². The Morgan fingerprint density at radius 3 is 2.12 bits per heavy atom. The van der Waals surface area contributed by atoms with Gasteiger partial charge in [-0.1, -0.05) is 30.3 Å². The van der Waals surface area contributed by atoms with E-state index in [1.165, 1.54) is 6.92 Å². The number of anilines is 2. The van der Waals surface area contributed by atoms with E-state index < -0.39 is 0 Å². The van der Waals surface area contributed by atoms with Crippen molar-refractivity contribution in [2.45, 2.75) is 33.2 Å². The van der Waals surface area contributed by atoms with Gasteiger partial charge in [-0.05, 0) is 78.4 Å². The number of nitrogens with one attached hydrogen (secondary N) is 3. The number of carbonyl (C=O) groups is 4. The van der Waals surface area contributed by atoms with Crippen LogP contribution in [0.3, 0.4) is 0 Å². The SMILES string of the molecule is CC(=O)NCC(=O)N1CCN(Cc2ccc(NC(=O)c3ccc(-c4cc(NC(=O)C5CC5)ccc4C)cc3)cc2)CC1. The molecule has 0 bridgehead atoms. The first kappa shape index (κ1) is 29.0. The van der Waals surface area contributed by atoms with Crippen molar-refractivity contribution >= 4 is 35.0 Å². The minimum atomic E-state index is -0.205. The van der Waals surface area contributed by atoms with E-state index in [0.29, 0.717) is 18.7 Å². The molecule has 2 fully saturated rings. The summed E-state index contributed by atoms with van der Waals surface area (Å²) < 4.78 is 0. The Labute approximate surface area is 246 Å². The molecule has 2 aliphatic rings. The first-order chi connectivity index (χ1) is 20.2. The van der Waals surface area contributed by atoms with Gasteiger partial charge in [-0.25, -0.2) is 0 Å². The summed E-state index contributed by atoms with van der Waals surface area (Å²) in [6, 6.07) is 21.2. The number of aryl methyl sites for hydroxylation is 1. The van der Waals surface area contributed by atoms with Crippen LogP contribution in [0.1, 0.15) is 41.3 Å². The van der Waals surface area contributed by atoms with Gasteiger partial charge in [0.25, 0.3) is 5.91 Å². The number of nitrogens with zero attached hydrogens (tertiary/aromatic N) is 2. The van der Waals surface area contributed by atoms with Crippen molar-refractivity contribution in [3.8, 4) is 11.1 Å². The van der Waals surface area contributed by atoms with E-state index in [-0.39, 0.29) is 36.1 Å². The maximum absolute atomic E-state index is 12.9. The van der Waals surface area contributed by atoms with Crippen LogP contribution < -0.4 is 16.0 Å². The molecule has 1 aliphatic carbocycles. The topological polar surface area (TPSA) is 111 Å². The Hall–Kier alpha value is -4.50. The monoisotopic (exact) mass is 567 g/mol. The van der Waals surface area contributed by atoms with E-state index >= 15 is 0 Å². The number of amides is 4.